The number of aromatic nitrogens is 4. The van der Waals surface area contributed by atoms with Crippen LogP contribution in [0.2, 0.25) is 0 Å². The van der Waals surface area contributed by atoms with Crippen LogP contribution < -0.4 is 31.1 Å². The normalized spacial score (nSPS) is 11.3. The summed E-state index contributed by atoms with van der Waals surface area (Å²) in [5, 5.41) is 15.5. The molecule has 2 heterocycles. The number of carbonyl (C=O) groups is 1. The highest BCUT2D eigenvalue weighted by Gasteiger charge is 2.21. The number of H-pyrrole nitrogens is 1. The van der Waals surface area contributed by atoms with Gasteiger partial charge in [0.05, 0.1) is 12.8 Å². The van der Waals surface area contributed by atoms with Crippen molar-refractivity contribution in [3.05, 3.63) is 50.9 Å². The van der Waals surface area contributed by atoms with Crippen molar-refractivity contribution >= 4 is 23.3 Å². The number of nitrogens with one attached hydrogen (secondary N) is 2. The van der Waals surface area contributed by atoms with Crippen LogP contribution in [0.5, 0.6) is 11.5 Å². The summed E-state index contributed by atoms with van der Waals surface area (Å²) >= 11 is 0. The Bertz CT molecular complexity index is 1220. The molecular weight excluding hydrogens is 380 g/mol. The molecular formula is C18H20N6O5. The van der Waals surface area contributed by atoms with Gasteiger partial charge in [-0.25, -0.2) is 19.8 Å². The zero-order valence-electron chi connectivity index (χ0n) is 16.1. The van der Waals surface area contributed by atoms with Crippen molar-refractivity contribution in [1.29, 1.82) is 0 Å². The fraction of sp³-hybridized carbons (Fsp3) is 0.278. The Hall–Kier alpha value is -3.89. The highest BCUT2D eigenvalue weighted by atomic mass is 16.5. The van der Waals surface area contributed by atoms with Crippen molar-refractivity contribution in [2.75, 3.05) is 6.61 Å². The summed E-state index contributed by atoms with van der Waals surface area (Å²) in [4.78, 5) is 39.4. The molecule has 0 saturated heterocycles. The molecule has 11 heteroatoms. The molecule has 11 nitrogen and oxygen atoms in total. The predicted molar refractivity (Wildman–Crippen MR) is 102 cm³/mol. The van der Waals surface area contributed by atoms with Crippen LogP contribution in [-0.4, -0.2) is 32.8 Å². The third-order valence-electron chi connectivity index (χ3n) is 4.27. The third-order valence-corrected chi connectivity index (χ3v) is 4.27. The number of imidazole rings is 1. The molecule has 0 fully saturated rings. The van der Waals surface area contributed by atoms with Crippen molar-refractivity contribution in [3.8, 4) is 11.5 Å². The van der Waals surface area contributed by atoms with E-state index in [2.05, 4.69) is 15.5 Å². The molecule has 2 aromatic heterocycles. The van der Waals surface area contributed by atoms with Gasteiger partial charge >= 0.3 is 11.2 Å². The zero-order chi connectivity index (χ0) is 21.1. The minimum atomic E-state index is -0.512. The van der Waals surface area contributed by atoms with E-state index in [4.69, 9.17) is 4.74 Å². The summed E-state index contributed by atoms with van der Waals surface area (Å²) in [6.07, 6.45) is 2.82. The molecule has 0 radical (unpaired) electrons. The van der Waals surface area contributed by atoms with E-state index in [1.807, 2.05) is 0 Å². The van der Waals surface area contributed by atoms with Gasteiger partial charge in [0.2, 0.25) is 6.33 Å². The first kappa shape index (κ1) is 19.9. The summed E-state index contributed by atoms with van der Waals surface area (Å²) in [6, 6.07) is 4.44. The minimum Gasteiger partial charge on any atom is -0.870 e. The SMILES string of the molecule is CCOc1cc(C=NNC(=O)C[n+]2c[nH]c3c2c(=O)n(C)c(=O)n3C)ccc1[O-]. The molecule has 3 aromatic rings. The fourth-order valence-corrected chi connectivity index (χ4v) is 2.82. The number of aryl methyl sites for hydroxylation is 1. The topological polar surface area (TPSA) is 137 Å². The lowest BCUT2D eigenvalue weighted by molar-refractivity contribution is -0.659. The highest BCUT2D eigenvalue weighted by molar-refractivity contribution is 5.83. The van der Waals surface area contributed by atoms with Crippen LogP contribution in [0.1, 0.15) is 12.5 Å². The summed E-state index contributed by atoms with van der Waals surface area (Å²) < 4.78 is 8.90. The lowest BCUT2D eigenvalue weighted by Crippen LogP contribution is -2.46. The van der Waals surface area contributed by atoms with Gasteiger partial charge in [-0.05, 0) is 18.6 Å². The molecule has 0 aliphatic rings. The maximum Gasteiger partial charge on any atom is 0.333 e. The molecule has 0 aliphatic heterocycles. The Kier molecular flexibility index (Phi) is 5.48. The van der Waals surface area contributed by atoms with E-state index in [-0.39, 0.29) is 23.6 Å². The third kappa shape index (κ3) is 3.88. The van der Waals surface area contributed by atoms with Crippen molar-refractivity contribution in [3.63, 3.8) is 0 Å². The molecule has 1 amide bonds. The van der Waals surface area contributed by atoms with Gasteiger partial charge in [-0.1, -0.05) is 17.9 Å². The molecule has 2 N–H and O–H groups in total. The van der Waals surface area contributed by atoms with Gasteiger partial charge in [-0.3, -0.25) is 18.7 Å². The molecule has 152 valence electrons. The Morgan fingerprint density at radius 1 is 1.34 bits per heavy atom. The Labute approximate surface area is 164 Å². The van der Waals surface area contributed by atoms with Crippen molar-refractivity contribution in [1.82, 2.24) is 19.5 Å². The van der Waals surface area contributed by atoms with Gasteiger partial charge in [0.1, 0.15) is 5.75 Å². The van der Waals surface area contributed by atoms with E-state index in [0.717, 1.165) is 4.57 Å². The Balaban J connectivity index is 1.75. The van der Waals surface area contributed by atoms with Gasteiger partial charge in [0, 0.05) is 14.1 Å². The number of carbonyl (C=O) groups excluding carboxylic acids is 1. The predicted octanol–water partition coefficient (Wildman–Crippen LogP) is -1.52. The van der Waals surface area contributed by atoms with E-state index >= 15 is 0 Å². The monoisotopic (exact) mass is 400 g/mol. The van der Waals surface area contributed by atoms with Crippen molar-refractivity contribution in [2.24, 2.45) is 19.2 Å². The standard InChI is InChI=1S/C18H20N6O5/c1-4-29-13-7-11(5-6-12(13)25)8-20-21-14(26)9-24-10-19-16-15(24)17(27)23(3)18(28)22(16)2/h5-8,10H,4,9H2,1-3H3,(H2,20,21,25,26). The Morgan fingerprint density at radius 3 is 2.83 bits per heavy atom. The molecule has 0 atom stereocenters. The summed E-state index contributed by atoms with van der Waals surface area (Å²) in [5.74, 6) is -0.508. The average molecular weight is 400 g/mol. The van der Waals surface area contributed by atoms with Crippen LogP contribution in [0, 0.1) is 0 Å². The van der Waals surface area contributed by atoms with Crippen molar-refractivity contribution in [2.45, 2.75) is 13.5 Å². The number of amides is 1. The molecule has 0 aliphatic carbocycles. The molecule has 3 rings (SSSR count). The lowest BCUT2D eigenvalue weighted by atomic mass is 10.2. The number of fused-ring (bicyclic) bond motifs is 1. The quantitative estimate of drug-likeness (QED) is 0.294. The average Bonchev–Trinajstić information content (AvgIpc) is 3.11. The van der Waals surface area contributed by atoms with Crippen LogP contribution in [0.3, 0.4) is 0 Å². The molecule has 0 spiro atoms. The van der Waals surface area contributed by atoms with Crippen molar-refractivity contribution < 1.29 is 19.2 Å². The second kappa shape index (κ2) is 8.00. The molecule has 0 saturated carbocycles. The summed E-state index contributed by atoms with van der Waals surface area (Å²) in [6.45, 7) is 1.95. The Morgan fingerprint density at radius 2 is 2.10 bits per heavy atom. The van der Waals surface area contributed by atoms with E-state index in [1.165, 1.54) is 47.9 Å². The zero-order valence-corrected chi connectivity index (χ0v) is 16.1. The van der Waals surface area contributed by atoms with Crippen LogP contribution in [0.25, 0.3) is 11.2 Å². The van der Waals surface area contributed by atoms with Gasteiger partial charge in [0.25, 0.3) is 17.1 Å². The summed E-state index contributed by atoms with van der Waals surface area (Å²) in [7, 11) is 2.90. The first-order valence-corrected chi connectivity index (χ1v) is 8.75. The molecule has 0 unspecified atom stereocenters. The number of ether oxygens (including phenoxy) is 1. The first-order chi connectivity index (χ1) is 13.8. The first-order valence-electron chi connectivity index (χ1n) is 8.75. The number of hydrogen-bond acceptors (Lipinski definition) is 6. The van der Waals surface area contributed by atoms with Gasteiger partial charge < -0.3 is 9.84 Å². The minimum absolute atomic E-state index is 0.186. The van der Waals surface area contributed by atoms with Gasteiger partial charge in [0.15, 0.2) is 6.54 Å². The second-order valence-electron chi connectivity index (χ2n) is 6.24. The van der Waals surface area contributed by atoms with Crippen LogP contribution in [0.4, 0.5) is 0 Å². The number of nitrogens with zero attached hydrogens (tertiary/aromatic N) is 4. The van der Waals surface area contributed by atoms with E-state index in [0.29, 0.717) is 17.8 Å². The highest BCUT2D eigenvalue weighted by Crippen LogP contribution is 2.23. The number of hydrazone groups is 1. The van der Waals surface area contributed by atoms with E-state index in [9.17, 15) is 19.5 Å². The largest absolute Gasteiger partial charge is 0.870 e. The number of hydrogen-bond donors (Lipinski definition) is 2. The number of aromatic amines is 1. The fourth-order valence-electron chi connectivity index (χ4n) is 2.82. The molecule has 0 bridgehead atoms. The second-order valence-corrected chi connectivity index (χ2v) is 6.24. The van der Waals surface area contributed by atoms with E-state index in [1.54, 1.807) is 13.0 Å². The smallest absolute Gasteiger partial charge is 0.333 e. The van der Waals surface area contributed by atoms with Crippen LogP contribution in [-0.2, 0) is 25.4 Å². The van der Waals surface area contributed by atoms with Gasteiger partial charge in [-0.15, -0.1) is 0 Å². The maximum atomic E-state index is 12.4. The number of benzene rings is 1. The van der Waals surface area contributed by atoms with Crippen LogP contribution in [0.15, 0.2) is 39.2 Å². The van der Waals surface area contributed by atoms with E-state index < -0.39 is 17.2 Å². The molecule has 1 aromatic carbocycles. The number of rotatable bonds is 6. The maximum absolute atomic E-state index is 12.4. The van der Waals surface area contributed by atoms with Gasteiger partial charge in [-0.2, -0.15) is 5.10 Å². The lowest BCUT2D eigenvalue weighted by Gasteiger charge is -2.13. The molecule has 29 heavy (non-hydrogen) atoms. The summed E-state index contributed by atoms with van der Waals surface area (Å²) in [5.41, 5.74) is 2.47. The van der Waals surface area contributed by atoms with Crippen LogP contribution >= 0.6 is 0 Å².